The lowest BCUT2D eigenvalue weighted by Gasteiger charge is -2.30. The Labute approximate surface area is 193 Å². The van der Waals surface area contributed by atoms with Gasteiger partial charge in [0.2, 0.25) is 17.7 Å². The zero-order valence-corrected chi connectivity index (χ0v) is 18.8. The van der Waals surface area contributed by atoms with Crippen LogP contribution in [-0.4, -0.2) is 76.9 Å². The number of carbonyl (C=O) groups excluding carboxylic acids is 3. The highest BCUT2D eigenvalue weighted by atomic mass is 16.4. The van der Waals surface area contributed by atoms with Gasteiger partial charge in [-0.15, -0.1) is 0 Å². The summed E-state index contributed by atoms with van der Waals surface area (Å²) >= 11 is 0. The fraction of sp³-hybridized carbons (Fsp3) is 0.524. The maximum absolute atomic E-state index is 13.3. The Morgan fingerprint density at radius 1 is 1.21 bits per heavy atom. The quantitative estimate of drug-likeness (QED) is 0.0981. The summed E-state index contributed by atoms with van der Waals surface area (Å²) in [5.74, 6) is -2.15. The van der Waals surface area contributed by atoms with Crippen LogP contribution in [0.25, 0.3) is 0 Å². The molecular weight excluding hydrogens is 427 g/mol. The van der Waals surface area contributed by atoms with E-state index in [0.29, 0.717) is 32.2 Å². The highest BCUT2D eigenvalue weighted by Gasteiger charge is 2.39. The molecule has 0 bridgehead atoms. The second kappa shape index (κ2) is 12.8. The van der Waals surface area contributed by atoms with Gasteiger partial charge in [-0.2, -0.15) is 0 Å². The molecule has 1 aromatic carbocycles. The Balaban J connectivity index is 2.06. The van der Waals surface area contributed by atoms with Crippen molar-refractivity contribution < 1.29 is 24.4 Å². The van der Waals surface area contributed by atoms with Crippen molar-refractivity contribution in [1.29, 1.82) is 0 Å². The molecule has 1 unspecified atom stereocenters. The minimum Gasteiger partial charge on any atom is -0.426 e. The summed E-state index contributed by atoms with van der Waals surface area (Å²) < 4.78 is 0. The smallest absolute Gasteiger partial charge is 0.426 e. The van der Waals surface area contributed by atoms with Crippen LogP contribution >= 0.6 is 0 Å². The van der Waals surface area contributed by atoms with Crippen LogP contribution in [0.3, 0.4) is 0 Å². The standard InChI is InChI=1S/C21H33BN6O5/c1-14(29)26-16(13-15-7-3-2-4-8-15)20(31)28-12-6-9-17(28)19(30)27-18(22(32)33)10-5-11-25-21(23)24/h2-4,7-8,16-18,32-33H,5-6,9-13H2,1H3,(H,26,29)(H,27,30)(H4,23,24,25)/t16-,17+,18?/m1/s1. The summed E-state index contributed by atoms with van der Waals surface area (Å²) in [6.07, 6.45) is 2.03. The summed E-state index contributed by atoms with van der Waals surface area (Å²) in [6.45, 7) is 2.00. The molecule has 0 saturated carbocycles. The van der Waals surface area contributed by atoms with Crippen LogP contribution in [0.2, 0.25) is 0 Å². The second-order valence-corrected chi connectivity index (χ2v) is 8.11. The average molecular weight is 460 g/mol. The van der Waals surface area contributed by atoms with Crippen molar-refractivity contribution >= 4 is 30.8 Å². The monoisotopic (exact) mass is 460 g/mol. The van der Waals surface area contributed by atoms with Crippen LogP contribution in [0.4, 0.5) is 0 Å². The topological polar surface area (TPSA) is 183 Å². The van der Waals surface area contributed by atoms with E-state index in [0.717, 1.165) is 5.56 Å². The minimum atomic E-state index is -1.77. The van der Waals surface area contributed by atoms with Gasteiger partial charge in [0.05, 0.1) is 5.94 Å². The Bertz CT molecular complexity index is 834. The van der Waals surface area contributed by atoms with Crippen molar-refractivity contribution in [1.82, 2.24) is 15.5 Å². The lowest BCUT2D eigenvalue weighted by Crippen LogP contribution is -2.56. The molecule has 1 aromatic rings. The number of likely N-dealkylation sites (tertiary alicyclic amines) is 1. The Morgan fingerprint density at radius 2 is 1.91 bits per heavy atom. The fourth-order valence-electron chi connectivity index (χ4n) is 3.89. The van der Waals surface area contributed by atoms with Gasteiger partial charge in [0, 0.05) is 26.4 Å². The first kappa shape index (κ1) is 26.1. The van der Waals surface area contributed by atoms with Crippen LogP contribution in [0.15, 0.2) is 35.3 Å². The van der Waals surface area contributed by atoms with Gasteiger partial charge in [0.1, 0.15) is 12.1 Å². The highest BCUT2D eigenvalue weighted by Crippen LogP contribution is 2.20. The number of nitrogens with zero attached hydrogens (tertiary/aromatic N) is 2. The van der Waals surface area contributed by atoms with E-state index < -0.39 is 31.1 Å². The summed E-state index contributed by atoms with van der Waals surface area (Å²) in [6, 6.07) is 7.73. The molecule has 180 valence electrons. The molecule has 0 spiro atoms. The van der Waals surface area contributed by atoms with Gasteiger partial charge in [-0.1, -0.05) is 30.3 Å². The molecule has 11 nitrogen and oxygen atoms in total. The molecule has 1 heterocycles. The number of nitrogens with one attached hydrogen (secondary N) is 2. The largest absolute Gasteiger partial charge is 0.475 e. The SMILES string of the molecule is CC(=O)N[C@H](Cc1ccccc1)C(=O)N1CCC[C@H]1C(=O)NC(CCCN=C(N)N)B(O)O. The normalized spacial score (nSPS) is 17.1. The summed E-state index contributed by atoms with van der Waals surface area (Å²) in [7, 11) is -1.77. The molecule has 1 saturated heterocycles. The predicted molar refractivity (Wildman–Crippen MR) is 125 cm³/mol. The summed E-state index contributed by atoms with van der Waals surface area (Å²) in [4.78, 5) is 43.2. The van der Waals surface area contributed by atoms with E-state index in [1.165, 1.54) is 11.8 Å². The van der Waals surface area contributed by atoms with Gasteiger partial charge in [0.25, 0.3) is 0 Å². The second-order valence-electron chi connectivity index (χ2n) is 8.11. The first-order chi connectivity index (χ1) is 15.7. The molecular formula is C21H33BN6O5. The van der Waals surface area contributed by atoms with Crippen molar-refractivity contribution in [3.05, 3.63) is 35.9 Å². The molecule has 3 atom stereocenters. The van der Waals surface area contributed by atoms with Gasteiger partial charge in [-0.25, -0.2) is 0 Å². The fourth-order valence-corrected chi connectivity index (χ4v) is 3.89. The summed E-state index contributed by atoms with van der Waals surface area (Å²) in [5.41, 5.74) is 11.4. The molecule has 8 N–H and O–H groups in total. The number of guanidine groups is 1. The number of rotatable bonds is 11. The van der Waals surface area contributed by atoms with Crippen molar-refractivity contribution in [3.63, 3.8) is 0 Å². The third-order valence-electron chi connectivity index (χ3n) is 5.45. The van der Waals surface area contributed by atoms with Crippen molar-refractivity contribution in [2.45, 2.75) is 57.1 Å². The van der Waals surface area contributed by atoms with Gasteiger partial charge in [-0.3, -0.25) is 19.4 Å². The van der Waals surface area contributed by atoms with Crippen molar-refractivity contribution in [3.8, 4) is 0 Å². The summed E-state index contributed by atoms with van der Waals surface area (Å²) in [5, 5.41) is 24.7. The molecule has 12 heteroatoms. The lowest BCUT2D eigenvalue weighted by molar-refractivity contribution is -0.141. The van der Waals surface area contributed by atoms with Gasteiger partial charge in [-0.05, 0) is 31.2 Å². The van der Waals surface area contributed by atoms with Crippen LogP contribution in [-0.2, 0) is 20.8 Å². The van der Waals surface area contributed by atoms with Gasteiger partial charge in [0.15, 0.2) is 5.96 Å². The first-order valence-electron chi connectivity index (χ1n) is 11.0. The number of aliphatic imine (C=N–C) groups is 1. The molecule has 1 aliphatic heterocycles. The maximum Gasteiger partial charge on any atom is 0.475 e. The van der Waals surface area contributed by atoms with Crippen LogP contribution < -0.4 is 22.1 Å². The molecule has 0 aliphatic carbocycles. The average Bonchev–Trinajstić information content (AvgIpc) is 3.25. The molecule has 3 amide bonds. The van der Waals surface area contributed by atoms with Gasteiger partial charge < -0.3 is 37.0 Å². The van der Waals surface area contributed by atoms with Crippen molar-refractivity contribution in [2.24, 2.45) is 16.5 Å². The van der Waals surface area contributed by atoms with Gasteiger partial charge >= 0.3 is 7.12 Å². The molecule has 0 aromatic heterocycles. The molecule has 0 radical (unpaired) electrons. The number of amides is 3. The van der Waals surface area contributed by atoms with Crippen LogP contribution in [0, 0.1) is 0 Å². The van der Waals surface area contributed by atoms with E-state index in [9.17, 15) is 24.4 Å². The Hall–Kier alpha value is -3.12. The maximum atomic E-state index is 13.3. The van der Waals surface area contributed by atoms with E-state index in [1.807, 2.05) is 30.3 Å². The Kier molecular flexibility index (Phi) is 10.1. The van der Waals surface area contributed by atoms with Crippen molar-refractivity contribution in [2.75, 3.05) is 13.1 Å². The van der Waals surface area contributed by atoms with Crippen LogP contribution in [0.1, 0.15) is 38.2 Å². The molecule has 2 rings (SSSR count). The molecule has 1 fully saturated rings. The highest BCUT2D eigenvalue weighted by molar-refractivity contribution is 6.43. The minimum absolute atomic E-state index is 0.0653. The number of benzene rings is 1. The number of hydrogen-bond acceptors (Lipinski definition) is 6. The first-order valence-corrected chi connectivity index (χ1v) is 11.0. The molecule has 33 heavy (non-hydrogen) atoms. The van der Waals surface area contributed by atoms with E-state index in [2.05, 4.69) is 15.6 Å². The van der Waals surface area contributed by atoms with E-state index in [-0.39, 0.29) is 30.7 Å². The zero-order chi connectivity index (χ0) is 24.4. The molecule has 1 aliphatic rings. The van der Waals surface area contributed by atoms with E-state index in [1.54, 1.807) is 0 Å². The third kappa shape index (κ3) is 8.39. The van der Waals surface area contributed by atoms with Crippen LogP contribution in [0.5, 0.6) is 0 Å². The lowest BCUT2D eigenvalue weighted by atomic mass is 9.76. The number of hydrogen-bond donors (Lipinski definition) is 6. The Morgan fingerprint density at radius 3 is 2.52 bits per heavy atom. The predicted octanol–water partition coefficient (Wildman–Crippen LogP) is -1.72. The van der Waals surface area contributed by atoms with E-state index >= 15 is 0 Å². The number of nitrogens with two attached hydrogens (primary N) is 2. The zero-order valence-electron chi connectivity index (χ0n) is 18.8. The number of carbonyl (C=O) groups is 3. The van der Waals surface area contributed by atoms with E-state index in [4.69, 9.17) is 11.5 Å². The third-order valence-corrected chi connectivity index (χ3v) is 5.45.